The molecule has 0 aromatic heterocycles. The monoisotopic (exact) mass is 168 g/mol. The van der Waals surface area contributed by atoms with E-state index in [0.717, 1.165) is 0 Å². The van der Waals surface area contributed by atoms with E-state index in [9.17, 15) is 0 Å². The first-order valence-electron chi connectivity index (χ1n) is 4.68. The van der Waals surface area contributed by atoms with Crippen LogP contribution in [0.1, 0.15) is 19.8 Å². The van der Waals surface area contributed by atoms with E-state index in [1.807, 2.05) is 0 Å². The summed E-state index contributed by atoms with van der Waals surface area (Å²) < 4.78 is 0. The molecule has 0 spiro atoms. The van der Waals surface area contributed by atoms with Crippen LogP contribution in [0.25, 0.3) is 0 Å². The molecule has 1 fully saturated rings. The molecule has 0 bridgehead atoms. The summed E-state index contributed by atoms with van der Waals surface area (Å²) in [7, 11) is 4.34. The zero-order chi connectivity index (χ0) is 9.14. The minimum Gasteiger partial charge on any atom is -0.374 e. The van der Waals surface area contributed by atoms with Crippen molar-refractivity contribution < 1.29 is 0 Å². The van der Waals surface area contributed by atoms with E-state index in [1.165, 1.54) is 31.6 Å². The van der Waals surface area contributed by atoms with Gasteiger partial charge in [-0.25, -0.2) is 0 Å². The molecule has 0 radical (unpaired) electrons. The second-order valence-electron chi connectivity index (χ2n) is 3.90. The number of hydrogen-bond donors (Lipinski definition) is 0. The summed E-state index contributed by atoms with van der Waals surface area (Å²) in [6, 6.07) is 0.682. The zero-order valence-corrected chi connectivity index (χ0v) is 8.51. The number of hydrogen-bond acceptors (Lipinski definition) is 2. The average molecular weight is 168 g/mol. The van der Waals surface area contributed by atoms with Gasteiger partial charge in [0.1, 0.15) is 0 Å². The van der Waals surface area contributed by atoms with Gasteiger partial charge in [-0.2, -0.15) is 0 Å². The van der Waals surface area contributed by atoms with Gasteiger partial charge in [-0.05, 0) is 33.4 Å². The third-order valence-electron chi connectivity index (χ3n) is 2.75. The lowest BCUT2D eigenvalue weighted by Crippen LogP contribution is -2.43. The van der Waals surface area contributed by atoms with Gasteiger partial charge < -0.3 is 9.80 Å². The molecule has 1 aliphatic rings. The molecule has 0 N–H and O–H groups in total. The van der Waals surface area contributed by atoms with Gasteiger partial charge in [0, 0.05) is 25.3 Å². The minimum atomic E-state index is 0.682. The van der Waals surface area contributed by atoms with Crippen LogP contribution in [-0.2, 0) is 0 Å². The first-order valence-corrected chi connectivity index (χ1v) is 4.68. The fourth-order valence-corrected chi connectivity index (χ4v) is 1.77. The molecule has 1 aliphatic heterocycles. The number of nitrogens with zero attached hydrogens (tertiary/aromatic N) is 2. The van der Waals surface area contributed by atoms with E-state index >= 15 is 0 Å². The molecule has 12 heavy (non-hydrogen) atoms. The number of allylic oxidation sites excluding steroid dienone is 1. The van der Waals surface area contributed by atoms with Crippen molar-refractivity contribution >= 4 is 0 Å². The third-order valence-corrected chi connectivity index (χ3v) is 2.75. The Bertz CT molecular complexity index is 165. The summed E-state index contributed by atoms with van der Waals surface area (Å²) >= 11 is 0. The summed E-state index contributed by atoms with van der Waals surface area (Å²) in [5.41, 5.74) is 1.18. The first kappa shape index (κ1) is 9.59. The van der Waals surface area contributed by atoms with Crippen LogP contribution < -0.4 is 0 Å². The average Bonchev–Trinajstić information content (AvgIpc) is 2.03. The summed E-state index contributed by atoms with van der Waals surface area (Å²) in [4.78, 5) is 4.70. The molecule has 0 aromatic rings. The molecule has 1 unspecified atom stereocenters. The van der Waals surface area contributed by atoms with E-state index in [4.69, 9.17) is 0 Å². The zero-order valence-electron chi connectivity index (χ0n) is 8.51. The Hall–Kier alpha value is -0.500. The lowest BCUT2D eigenvalue weighted by molar-refractivity contribution is 0.160. The highest BCUT2D eigenvalue weighted by atomic mass is 15.2. The fourth-order valence-electron chi connectivity index (χ4n) is 1.77. The quantitative estimate of drug-likeness (QED) is 0.617. The maximum absolute atomic E-state index is 3.96. The van der Waals surface area contributed by atoms with E-state index in [0.29, 0.717) is 6.04 Å². The molecule has 1 rings (SSSR count). The summed E-state index contributed by atoms with van der Waals surface area (Å²) in [5.74, 6) is 0. The van der Waals surface area contributed by atoms with Gasteiger partial charge in [-0.3, -0.25) is 0 Å². The largest absolute Gasteiger partial charge is 0.374 e. The normalized spacial score (nSPS) is 25.4. The molecule has 0 amide bonds. The summed E-state index contributed by atoms with van der Waals surface area (Å²) in [6.07, 6.45) is 2.63. The molecular weight excluding hydrogens is 148 g/mol. The van der Waals surface area contributed by atoms with Crippen molar-refractivity contribution in [2.24, 2.45) is 0 Å². The molecular formula is C10H20N2. The second kappa shape index (κ2) is 3.94. The van der Waals surface area contributed by atoms with E-state index in [2.05, 4.69) is 37.4 Å². The molecule has 1 atom stereocenters. The van der Waals surface area contributed by atoms with Gasteiger partial charge in [0.2, 0.25) is 0 Å². The Kier molecular flexibility index (Phi) is 3.15. The van der Waals surface area contributed by atoms with Crippen molar-refractivity contribution in [3.8, 4) is 0 Å². The number of piperidine rings is 1. The van der Waals surface area contributed by atoms with Gasteiger partial charge in [-0.1, -0.05) is 6.58 Å². The highest BCUT2D eigenvalue weighted by Crippen LogP contribution is 2.15. The second-order valence-corrected chi connectivity index (χ2v) is 3.90. The highest BCUT2D eigenvalue weighted by Gasteiger charge is 2.20. The number of rotatable bonds is 2. The molecule has 0 aromatic carbocycles. The molecule has 0 aliphatic carbocycles. The van der Waals surface area contributed by atoms with Crippen LogP contribution in [0.3, 0.4) is 0 Å². The van der Waals surface area contributed by atoms with Gasteiger partial charge in [0.25, 0.3) is 0 Å². The number of likely N-dealkylation sites (tertiary alicyclic amines) is 1. The Morgan fingerprint density at radius 2 is 2.25 bits per heavy atom. The van der Waals surface area contributed by atoms with E-state index < -0.39 is 0 Å². The molecule has 1 saturated heterocycles. The summed E-state index contributed by atoms with van der Waals surface area (Å²) in [5, 5.41) is 0. The molecule has 70 valence electrons. The predicted molar refractivity (Wildman–Crippen MR) is 53.1 cm³/mol. The Balaban J connectivity index is 2.45. The van der Waals surface area contributed by atoms with Crippen LogP contribution in [-0.4, -0.2) is 43.0 Å². The molecule has 2 nitrogen and oxygen atoms in total. The lowest BCUT2D eigenvalue weighted by Gasteiger charge is -2.37. The van der Waals surface area contributed by atoms with Crippen molar-refractivity contribution in [3.63, 3.8) is 0 Å². The van der Waals surface area contributed by atoms with Crippen molar-refractivity contribution in [2.75, 3.05) is 27.2 Å². The lowest BCUT2D eigenvalue weighted by atomic mass is 10.0. The number of likely N-dealkylation sites (N-methyl/N-ethyl adjacent to an activating group) is 2. The minimum absolute atomic E-state index is 0.682. The molecule has 2 heteroatoms. The van der Waals surface area contributed by atoms with E-state index in [1.54, 1.807) is 0 Å². The molecule has 0 saturated carbocycles. The SMILES string of the molecule is C=C(C)N(C)C1CCCN(C)C1. The standard InChI is InChI=1S/C10H20N2/c1-9(2)12(4)10-6-5-7-11(3)8-10/h10H,1,5-8H2,2-4H3. The Morgan fingerprint density at radius 3 is 2.75 bits per heavy atom. The van der Waals surface area contributed by atoms with Crippen molar-refractivity contribution in [2.45, 2.75) is 25.8 Å². The van der Waals surface area contributed by atoms with E-state index in [-0.39, 0.29) is 0 Å². The molecule has 1 heterocycles. The smallest absolute Gasteiger partial charge is 0.0410 e. The Labute approximate surface area is 75.8 Å². The van der Waals surface area contributed by atoms with Gasteiger partial charge in [0.05, 0.1) is 0 Å². The Morgan fingerprint density at radius 1 is 1.58 bits per heavy atom. The van der Waals surface area contributed by atoms with Crippen molar-refractivity contribution in [3.05, 3.63) is 12.3 Å². The van der Waals surface area contributed by atoms with Gasteiger partial charge >= 0.3 is 0 Å². The van der Waals surface area contributed by atoms with Crippen LogP contribution in [0.4, 0.5) is 0 Å². The van der Waals surface area contributed by atoms with Crippen LogP contribution in [0.5, 0.6) is 0 Å². The van der Waals surface area contributed by atoms with Crippen molar-refractivity contribution in [1.82, 2.24) is 9.80 Å². The summed E-state index contributed by atoms with van der Waals surface area (Å²) in [6.45, 7) is 8.48. The maximum atomic E-state index is 3.96. The fraction of sp³-hybridized carbons (Fsp3) is 0.800. The van der Waals surface area contributed by atoms with Crippen LogP contribution in [0, 0.1) is 0 Å². The first-order chi connectivity index (χ1) is 5.61. The van der Waals surface area contributed by atoms with Gasteiger partial charge in [-0.15, -0.1) is 0 Å². The maximum Gasteiger partial charge on any atom is 0.0410 e. The van der Waals surface area contributed by atoms with Gasteiger partial charge in [0.15, 0.2) is 0 Å². The van der Waals surface area contributed by atoms with Crippen LogP contribution in [0.2, 0.25) is 0 Å². The van der Waals surface area contributed by atoms with Crippen molar-refractivity contribution in [1.29, 1.82) is 0 Å². The van der Waals surface area contributed by atoms with Crippen LogP contribution >= 0.6 is 0 Å². The third kappa shape index (κ3) is 2.24. The van der Waals surface area contributed by atoms with Crippen LogP contribution in [0.15, 0.2) is 12.3 Å². The topological polar surface area (TPSA) is 6.48 Å². The predicted octanol–water partition coefficient (Wildman–Crippen LogP) is 1.55. The highest BCUT2D eigenvalue weighted by molar-refractivity contribution is 4.92.